The highest BCUT2D eigenvalue weighted by molar-refractivity contribution is 6.03. The summed E-state index contributed by atoms with van der Waals surface area (Å²) >= 11 is 0. The van der Waals surface area contributed by atoms with Gasteiger partial charge in [0.15, 0.2) is 0 Å². The van der Waals surface area contributed by atoms with Crippen LogP contribution in [0.2, 0.25) is 0 Å². The molecule has 152 valence electrons. The quantitative estimate of drug-likeness (QED) is 0.812. The molecule has 0 spiro atoms. The van der Waals surface area contributed by atoms with Crippen LogP contribution in [0.15, 0.2) is 42.5 Å². The highest BCUT2D eigenvalue weighted by Gasteiger charge is 2.38. The van der Waals surface area contributed by atoms with Gasteiger partial charge in [0.25, 0.3) is 5.91 Å². The maximum Gasteiger partial charge on any atom is 0.255 e. The van der Waals surface area contributed by atoms with Crippen LogP contribution in [0.5, 0.6) is 5.75 Å². The lowest BCUT2D eigenvalue weighted by atomic mass is 9.90. The molecule has 29 heavy (non-hydrogen) atoms. The van der Waals surface area contributed by atoms with E-state index >= 15 is 0 Å². The van der Waals surface area contributed by atoms with Crippen molar-refractivity contribution < 1.29 is 14.3 Å². The van der Waals surface area contributed by atoms with Crippen LogP contribution in [0.4, 0.5) is 5.69 Å². The summed E-state index contributed by atoms with van der Waals surface area (Å²) < 4.78 is 5.25. The van der Waals surface area contributed by atoms with E-state index in [1.165, 1.54) is 0 Å². The summed E-state index contributed by atoms with van der Waals surface area (Å²) in [7, 11) is 5.38. The van der Waals surface area contributed by atoms with Gasteiger partial charge in [-0.3, -0.25) is 9.59 Å². The Morgan fingerprint density at radius 3 is 2.69 bits per heavy atom. The number of methoxy groups -OCH3 is 1. The number of carbonyl (C=O) groups excluding carboxylic acids is 2. The van der Waals surface area contributed by atoms with Gasteiger partial charge in [-0.1, -0.05) is 24.3 Å². The van der Waals surface area contributed by atoms with Gasteiger partial charge in [0.1, 0.15) is 11.9 Å². The summed E-state index contributed by atoms with van der Waals surface area (Å²) in [5.74, 6) is 0.663. The second-order valence-electron chi connectivity index (χ2n) is 7.73. The zero-order valence-electron chi connectivity index (χ0n) is 16.9. The topological polar surface area (TPSA) is 73.9 Å². The number of carbonyl (C=O) groups is 2. The Balaban J connectivity index is 1.68. The second kappa shape index (κ2) is 7.75. The molecule has 2 aliphatic rings. The van der Waals surface area contributed by atoms with Gasteiger partial charge >= 0.3 is 0 Å². The second-order valence-corrected chi connectivity index (χ2v) is 7.73. The summed E-state index contributed by atoms with van der Waals surface area (Å²) in [6, 6.07) is 13.4. The fourth-order valence-electron chi connectivity index (χ4n) is 4.15. The van der Waals surface area contributed by atoms with Crippen LogP contribution in [0.25, 0.3) is 0 Å². The summed E-state index contributed by atoms with van der Waals surface area (Å²) in [6.45, 7) is 1.07. The molecule has 2 heterocycles. The van der Waals surface area contributed by atoms with Crippen LogP contribution in [-0.4, -0.2) is 51.0 Å². The van der Waals surface area contributed by atoms with E-state index in [4.69, 9.17) is 4.74 Å². The number of hydrogen-bond acceptors (Lipinski definition) is 5. The largest absolute Gasteiger partial charge is 0.497 e. The van der Waals surface area contributed by atoms with Crippen molar-refractivity contribution >= 4 is 17.5 Å². The zero-order chi connectivity index (χ0) is 20.5. The lowest BCUT2D eigenvalue weighted by Crippen LogP contribution is -2.50. The molecular weight excluding hydrogens is 368 g/mol. The Kier molecular flexibility index (Phi) is 5.15. The van der Waals surface area contributed by atoms with Crippen molar-refractivity contribution in [3.05, 3.63) is 59.2 Å². The Morgan fingerprint density at radius 2 is 2.00 bits per heavy atom. The van der Waals surface area contributed by atoms with Crippen LogP contribution in [0, 0.1) is 0 Å². The number of anilines is 1. The highest BCUT2D eigenvalue weighted by Crippen LogP contribution is 2.42. The van der Waals surface area contributed by atoms with Crippen molar-refractivity contribution in [2.24, 2.45) is 0 Å². The van der Waals surface area contributed by atoms with Gasteiger partial charge in [-0.25, -0.2) is 0 Å². The van der Waals surface area contributed by atoms with Crippen LogP contribution in [0.1, 0.15) is 40.1 Å². The number of likely N-dealkylation sites (N-methyl/N-ethyl adjacent to an activating group) is 1. The van der Waals surface area contributed by atoms with E-state index in [9.17, 15) is 9.59 Å². The molecule has 2 atom stereocenters. The van der Waals surface area contributed by atoms with Gasteiger partial charge in [-0.05, 0) is 49.8 Å². The van der Waals surface area contributed by atoms with E-state index in [2.05, 4.69) is 15.5 Å². The molecular formula is C22H26N4O3. The number of nitrogens with zero attached hydrogens (tertiary/aromatic N) is 2. The molecule has 7 nitrogen and oxygen atoms in total. The molecule has 0 fully saturated rings. The molecule has 0 aromatic heterocycles. The van der Waals surface area contributed by atoms with Crippen molar-refractivity contribution in [3.63, 3.8) is 0 Å². The third kappa shape index (κ3) is 3.65. The Hall–Kier alpha value is -3.06. The number of benzene rings is 2. The third-order valence-corrected chi connectivity index (χ3v) is 5.44. The average Bonchev–Trinajstić information content (AvgIpc) is 2.71. The SMILES string of the molecule is COc1ccc(C2NC(=O)c3cccc4c3N2CCC4NC(=O)CN(C)C)cc1. The Labute approximate surface area is 170 Å². The summed E-state index contributed by atoms with van der Waals surface area (Å²) in [5.41, 5.74) is 3.56. The molecule has 0 saturated carbocycles. The predicted octanol–water partition coefficient (Wildman–Crippen LogP) is 2.07. The molecule has 2 aliphatic heterocycles. The molecule has 0 aliphatic carbocycles. The van der Waals surface area contributed by atoms with E-state index in [0.717, 1.165) is 35.5 Å². The minimum Gasteiger partial charge on any atom is -0.497 e. The number of ether oxygens (including phenoxy) is 1. The normalized spacial score (nSPS) is 20.1. The Bertz CT molecular complexity index is 926. The van der Waals surface area contributed by atoms with Crippen LogP contribution in [-0.2, 0) is 4.79 Å². The molecule has 2 amide bonds. The molecule has 4 rings (SSSR count). The minimum atomic E-state index is -0.250. The monoisotopic (exact) mass is 394 g/mol. The average molecular weight is 394 g/mol. The van der Waals surface area contributed by atoms with E-state index < -0.39 is 0 Å². The van der Waals surface area contributed by atoms with Gasteiger partial charge in [-0.2, -0.15) is 0 Å². The standard InChI is InChI=1S/C22H26N4O3/c1-25(2)13-19(27)23-18-11-12-26-20-16(18)5-4-6-17(20)22(28)24-21(26)14-7-9-15(29-3)10-8-14/h4-10,18,21H,11-13H2,1-3H3,(H,23,27)(H,24,28). The van der Waals surface area contributed by atoms with Crippen LogP contribution in [0.3, 0.4) is 0 Å². The summed E-state index contributed by atoms with van der Waals surface area (Å²) in [6.07, 6.45) is 0.526. The Morgan fingerprint density at radius 1 is 1.24 bits per heavy atom. The smallest absolute Gasteiger partial charge is 0.255 e. The van der Waals surface area contributed by atoms with E-state index in [1.807, 2.05) is 61.5 Å². The number of nitrogens with one attached hydrogen (secondary N) is 2. The van der Waals surface area contributed by atoms with Gasteiger partial charge < -0.3 is 25.2 Å². The van der Waals surface area contributed by atoms with Gasteiger partial charge in [-0.15, -0.1) is 0 Å². The number of para-hydroxylation sites is 1. The van der Waals surface area contributed by atoms with Crippen LogP contribution >= 0.6 is 0 Å². The van der Waals surface area contributed by atoms with Crippen LogP contribution < -0.4 is 20.3 Å². The summed E-state index contributed by atoms with van der Waals surface area (Å²) in [5, 5.41) is 6.25. The molecule has 2 N–H and O–H groups in total. The molecule has 2 aromatic rings. The predicted molar refractivity (Wildman–Crippen MR) is 111 cm³/mol. The van der Waals surface area contributed by atoms with E-state index in [0.29, 0.717) is 12.1 Å². The molecule has 2 aromatic carbocycles. The lowest BCUT2D eigenvalue weighted by molar-refractivity contribution is -0.122. The first-order valence-corrected chi connectivity index (χ1v) is 9.76. The molecule has 2 unspecified atom stereocenters. The first kappa shape index (κ1) is 19.3. The fourth-order valence-corrected chi connectivity index (χ4v) is 4.15. The fraction of sp³-hybridized carbons (Fsp3) is 0.364. The van der Waals surface area contributed by atoms with Crippen molar-refractivity contribution in [2.45, 2.75) is 18.6 Å². The van der Waals surface area contributed by atoms with Gasteiger partial charge in [0.05, 0.1) is 30.9 Å². The van der Waals surface area contributed by atoms with Gasteiger partial charge in [0, 0.05) is 6.54 Å². The summed E-state index contributed by atoms with van der Waals surface area (Å²) in [4.78, 5) is 29.3. The maximum absolute atomic E-state index is 12.8. The number of hydrogen-bond donors (Lipinski definition) is 2. The molecule has 7 heteroatoms. The highest BCUT2D eigenvalue weighted by atomic mass is 16.5. The third-order valence-electron chi connectivity index (χ3n) is 5.44. The van der Waals surface area contributed by atoms with Crippen molar-refractivity contribution in [3.8, 4) is 5.75 Å². The van der Waals surface area contributed by atoms with E-state index in [-0.39, 0.29) is 24.0 Å². The number of amides is 2. The molecule has 0 radical (unpaired) electrons. The lowest BCUT2D eigenvalue weighted by Gasteiger charge is -2.45. The first-order chi connectivity index (χ1) is 14.0. The molecule has 0 bridgehead atoms. The van der Waals surface area contributed by atoms with E-state index in [1.54, 1.807) is 7.11 Å². The maximum atomic E-state index is 12.8. The number of rotatable bonds is 5. The van der Waals surface area contributed by atoms with Gasteiger partial charge in [0.2, 0.25) is 5.91 Å². The minimum absolute atomic E-state index is 0.0157. The molecule has 0 saturated heterocycles. The zero-order valence-corrected chi connectivity index (χ0v) is 16.9. The van der Waals surface area contributed by atoms with Crippen molar-refractivity contribution in [1.29, 1.82) is 0 Å². The first-order valence-electron chi connectivity index (χ1n) is 9.76. The van der Waals surface area contributed by atoms with Crippen molar-refractivity contribution in [2.75, 3.05) is 39.2 Å². The van der Waals surface area contributed by atoms with Crippen molar-refractivity contribution in [1.82, 2.24) is 15.5 Å².